The Bertz CT molecular complexity index is 154. The second-order valence-corrected chi connectivity index (χ2v) is 2.19. The van der Waals surface area contributed by atoms with Crippen molar-refractivity contribution in [1.29, 1.82) is 0 Å². The Morgan fingerprint density at radius 3 is 2.73 bits per heavy atom. The zero-order valence-corrected chi connectivity index (χ0v) is 7.30. The van der Waals surface area contributed by atoms with E-state index in [2.05, 4.69) is 17.4 Å². The molecule has 0 aliphatic rings. The summed E-state index contributed by atoms with van der Waals surface area (Å²) < 4.78 is 4.69. The van der Waals surface area contributed by atoms with E-state index in [1.807, 2.05) is 6.92 Å². The first-order valence-electron chi connectivity index (χ1n) is 3.36. The Morgan fingerprint density at radius 1 is 1.73 bits per heavy atom. The molecule has 0 saturated carbocycles. The molecule has 0 radical (unpaired) electrons. The number of aliphatic hydroxyl groups is 1. The Hall–Kier alpha value is -0.480. The molecule has 0 atom stereocenters. The maximum atomic E-state index is 10.6. The van der Waals surface area contributed by atoms with Crippen molar-refractivity contribution in [2.45, 2.75) is 13.3 Å². The zero-order valence-electron chi connectivity index (χ0n) is 6.41. The normalized spacial score (nSPS) is 11.4. The number of rotatable bonds is 4. The summed E-state index contributed by atoms with van der Waals surface area (Å²) in [7, 11) is 0. The van der Waals surface area contributed by atoms with E-state index < -0.39 is 5.97 Å². The molecule has 0 aromatic heterocycles. The van der Waals surface area contributed by atoms with Crippen LogP contribution in [0, 0.1) is 0 Å². The first-order chi connectivity index (χ1) is 5.24. The summed E-state index contributed by atoms with van der Waals surface area (Å²) in [5.41, 5.74) is 0. The van der Waals surface area contributed by atoms with Gasteiger partial charge in [0.1, 0.15) is 12.4 Å². The Balaban J connectivity index is 3.87. The van der Waals surface area contributed by atoms with Gasteiger partial charge in [0.25, 0.3) is 0 Å². The van der Waals surface area contributed by atoms with Crippen LogP contribution >= 0.6 is 12.6 Å². The topological polar surface area (TPSA) is 46.5 Å². The number of aliphatic hydroxyl groups excluding tert-OH is 1. The number of carbonyl (C=O) groups is 1. The fourth-order valence-electron chi connectivity index (χ4n) is 0.545. The summed E-state index contributed by atoms with van der Waals surface area (Å²) in [5, 5.41) is 8.63. The summed E-state index contributed by atoms with van der Waals surface area (Å²) in [5.74, 6) is -0.116. The summed E-state index contributed by atoms with van der Waals surface area (Å²) in [4.78, 5) is 10.6. The van der Waals surface area contributed by atoms with E-state index in [1.54, 1.807) is 6.08 Å². The lowest BCUT2D eigenvalue weighted by Gasteiger charge is -2.02. The minimum Gasteiger partial charge on any atom is -0.428 e. The van der Waals surface area contributed by atoms with Gasteiger partial charge in [0.05, 0.1) is 5.75 Å². The van der Waals surface area contributed by atoms with E-state index in [0.717, 1.165) is 6.42 Å². The van der Waals surface area contributed by atoms with Gasteiger partial charge in [0.2, 0.25) is 0 Å². The standard InChI is InChI=1S/C7H12O3S/c1-2-3-6(4-8)10-7(9)5-11/h3,8,11H,2,4-5H2,1H3. The van der Waals surface area contributed by atoms with Crippen molar-refractivity contribution in [3.8, 4) is 0 Å². The second kappa shape index (κ2) is 6.24. The third kappa shape index (κ3) is 4.86. The van der Waals surface area contributed by atoms with Crippen LogP contribution in [0.4, 0.5) is 0 Å². The van der Waals surface area contributed by atoms with Crippen LogP contribution in [0.1, 0.15) is 13.3 Å². The maximum Gasteiger partial charge on any atom is 0.320 e. The van der Waals surface area contributed by atoms with Crippen LogP contribution in [-0.2, 0) is 9.53 Å². The van der Waals surface area contributed by atoms with Crippen molar-refractivity contribution in [3.05, 3.63) is 11.8 Å². The highest BCUT2D eigenvalue weighted by Crippen LogP contribution is 1.99. The monoisotopic (exact) mass is 176 g/mol. The van der Waals surface area contributed by atoms with Crippen LogP contribution in [0.3, 0.4) is 0 Å². The molecule has 11 heavy (non-hydrogen) atoms. The molecule has 0 spiro atoms. The van der Waals surface area contributed by atoms with E-state index in [1.165, 1.54) is 0 Å². The van der Waals surface area contributed by atoms with E-state index in [4.69, 9.17) is 5.11 Å². The summed E-state index contributed by atoms with van der Waals surface area (Å²) in [6.45, 7) is 1.65. The van der Waals surface area contributed by atoms with Crippen molar-refractivity contribution >= 4 is 18.6 Å². The van der Waals surface area contributed by atoms with E-state index >= 15 is 0 Å². The molecule has 0 aliphatic carbocycles. The molecule has 0 aromatic rings. The molecule has 64 valence electrons. The van der Waals surface area contributed by atoms with E-state index in [0.29, 0.717) is 5.76 Å². The fourth-order valence-corrected chi connectivity index (χ4v) is 0.609. The molecule has 0 aliphatic heterocycles. The predicted octanol–water partition coefficient (Wildman–Crippen LogP) is 0.746. The first kappa shape index (κ1) is 10.5. The van der Waals surface area contributed by atoms with Crippen molar-refractivity contribution < 1.29 is 14.6 Å². The predicted molar refractivity (Wildman–Crippen MR) is 45.4 cm³/mol. The molecule has 3 nitrogen and oxygen atoms in total. The minimum atomic E-state index is -0.443. The van der Waals surface area contributed by atoms with Crippen LogP contribution < -0.4 is 0 Å². The molecule has 0 rings (SSSR count). The highest BCUT2D eigenvalue weighted by Gasteiger charge is 2.02. The number of hydrogen-bond acceptors (Lipinski definition) is 4. The van der Waals surface area contributed by atoms with Crippen LogP contribution in [0.15, 0.2) is 11.8 Å². The molecule has 4 heteroatoms. The zero-order chi connectivity index (χ0) is 8.69. The van der Waals surface area contributed by atoms with Crippen molar-refractivity contribution in [3.63, 3.8) is 0 Å². The van der Waals surface area contributed by atoms with Gasteiger partial charge in [0.15, 0.2) is 0 Å². The van der Waals surface area contributed by atoms with Crippen LogP contribution in [0.25, 0.3) is 0 Å². The molecular formula is C7H12O3S. The molecule has 0 amide bonds. The summed E-state index contributed by atoms with van der Waals surface area (Å²) in [6, 6.07) is 0. The number of ether oxygens (including phenoxy) is 1. The molecule has 0 bridgehead atoms. The molecule has 0 unspecified atom stereocenters. The first-order valence-corrected chi connectivity index (χ1v) is 3.99. The van der Waals surface area contributed by atoms with Crippen LogP contribution in [0.5, 0.6) is 0 Å². The Labute approximate surface area is 71.5 Å². The highest BCUT2D eigenvalue weighted by atomic mass is 32.1. The van der Waals surface area contributed by atoms with Gasteiger partial charge in [-0.25, -0.2) is 0 Å². The molecule has 0 fully saturated rings. The SMILES string of the molecule is CCC=C(CO)OC(=O)CS. The minimum absolute atomic E-state index is 0.0288. The van der Waals surface area contributed by atoms with Gasteiger partial charge in [-0.3, -0.25) is 4.79 Å². The van der Waals surface area contributed by atoms with Gasteiger partial charge in [-0.05, 0) is 12.5 Å². The lowest BCUT2D eigenvalue weighted by Crippen LogP contribution is -2.07. The molecule has 0 heterocycles. The number of allylic oxidation sites excluding steroid dienone is 1. The van der Waals surface area contributed by atoms with Crippen molar-refractivity contribution in [2.24, 2.45) is 0 Å². The maximum absolute atomic E-state index is 10.6. The fraction of sp³-hybridized carbons (Fsp3) is 0.571. The molecule has 1 N–H and O–H groups in total. The third-order valence-corrected chi connectivity index (χ3v) is 1.22. The van der Waals surface area contributed by atoms with Crippen molar-refractivity contribution in [2.75, 3.05) is 12.4 Å². The largest absolute Gasteiger partial charge is 0.428 e. The molecular weight excluding hydrogens is 164 g/mol. The van der Waals surface area contributed by atoms with Gasteiger partial charge in [-0.1, -0.05) is 6.92 Å². The highest BCUT2D eigenvalue weighted by molar-refractivity contribution is 7.81. The van der Waals surface area contributed by atoms with Gasteiger partial charge < -0.3 is 9.84 Å². The Kier molecular flexibility index (Phi) is 5.97. The molecule has 0 aromatic carbocycles. The average molecular weight is 176 g/mol. The number of carbonyl (C=O) groups excluding carboxylic acids is 1. The Morgan fingerprint density at radius 2 is 2.36 bits per heavy atom. The molecule has 0 saturated heterocycles. The average Bonchev–Trinajstić information content (AvgIpc) is 2.03. The third-order valence-electron chi connectivity index (χ3n) is 0.962. The van der Waals surface area contributed by atoms with Gasteiger partial charge in [-0.2, -0.15) is 12.6 Å². The summed E-state index contributed by atoms with van der Waals surface area (Å²) >= 11 is 3.71. The van der Waals surface area contributed by atoms with Crippen LogP contribution in [0.2, 0.25) is 0 Å². The van der Waals surface area contributed by atoms with Crippen LogP contribution in [-0.4, -0.2) is 23.4 Å². The number of thiol groups is 1. The van der Waals surface area contributed by atoms with Crippen molar-refractivity contribution in [1.82, 2.24) is 0 Å². The quantitative estimate of drug-likeness (QED) is 0.377. The lowest BCUT2D eigenvalue weighted by atomic mass is 10.4. The van der Waals surface area contributed by atoms with E-state index in [-0.39, 0.29) is 12.4 Å². The van der Waals surface area contributed by atoms with E-state index in [9.17, 15) is 4.79 Å². The number of hydrogen-bond donors (Lipinski definition) is 2. The van der Waals surface area contributed by atoms with Gasteiger partial charge in [0, 0.05) is 0 Å². The smallest absolute Gasteiger partial charge is 0.320 e. The second-order valence-electron chi connectivity index (χ2n) is 1.87. The summed E-state index contributed by atoms with van der Waals surface area (Å²) in [6.07, 6.45) is 2.39. The van der Waals surface area contributed by atoms with Gasteiger partial charge in [-0.15, -0.1) is 0 Å². The number of esters is 1. The lowest BCUT2D eigenvalue weighted by molar-refractivity contribution is -0.137. The van der Waals surface area contributed by atoms with Gasteiger partial charge >= 0.3 is 5.97 Å².